The number of aromatic nitrogens is 2. The highest BCUT2D eigenvalue weighted by Crippen LogP contribution is 2.44. The molecule has 0 radical (unpaired) electrons. The summed E-state index contributed by atoms with van der Waals surface area (Å²) < 4.78 is 11.8. The van der Waals surface area contributed by atoms with Gasteiger partial charge >= 0.3 is 0 Å². The zero-order valence-electron chi connectivity index (χ0n) is 15.2. The maximum atomic E-state index is 12.5. The van der Waals surface area contributed by atoms with Gasteiger partial charge in [0.15, 0.2) is 11.5 Å². The van der Waals surface area contributed by atoms with E-state index in [-0.39, 0.29) is 5.91 Å². The summed E-state index contributed by atoms with van der Waals surface area (Å²) in [6.07, 6.45) is 2.59. The number of carbonyl (C=O) groups excluding carboxylic acids is 1. The van der Waals surface area contributed by atoms with Crippen LogP contribution in [0.5, 0.6) is 11.5 Å². The van der Waals surface area contributed by atoms with Crippen molar-refractivity contribution in [3.05, 3.63) is 57.2 Å². The van der Waals surface area contributed by atoms with Gasteiger partial charge in [-0.15, -0.1) is 0 Å². The van der Waals surface area contributed by atoms with Crippen molar-refractivity contribution < 1.29 is 14.3 Å². The SMILES string of the molecule is COc1cc2c(cc1OC)-c1n[nH]c(/C=C3\C(=O)Nc4ccc(Br)cc43)c1C2. The van der Waals surface area contributed by atoms with Crippen LogP contribution in [-0.4, -0.2) is 30.3 Å². The normalized spacial score (nSPS) is 15.2. The monoisotopic (exact) mass is 437 g/mol. The van der Waals surface area contributed by atoms with Crippen molar-refractivity contribution in [2.75, 3.05) is 19.5 Å². The highest BCUT2D eigenvalue weighted by molar-refractivity contribution is 9.10. The number of rotatable bonds is 3. The summed E-state index contributed by atoms with van der Waals surface area (Å²) >= 11 is 3.48. The molecule has 0 fully saturated rings. The number of hydrogen-bond acceptors (Lipinski definition) is 4. The van der Waals surface area contributed by atoms with E-state index >= 15 is 0 Å². The summed E-state index contributed by atoms with van der Waals surface area (Å²) in [5.41, 5.74) is 7.24. The van der Waals surface area contributed by atoms with Gasteiger partial charge in [0.25, 0.3) is 5.91 Å². The van der Waals surface area contributed by atoms with Gasteiger partial charge in [-0.3, -0.25) is 9.89 Å². The topological polar surface area (TPSA) is 76.2 Å². The number of H-pyrrole nitrogens is 1. The van der Waals surface area contributed by atoms with Crippen LogP contribution in [0.3, 0.4) is 0 Å². The van der Waals surface area contributed by atoms with E-state index in [2.05, 4.69) is 31.4 Å². The molecule has 0 unspecified atom stereocenters. The molecule has 7 heteroatoms. The molecule has 1 aliphatic carbocycles. The fourth-order valence-corrected chi connectivity index (χ4v) is 4.19. The average molecular weight is 438 g/mol. The van der Waals surface area contributed by atoms with Gasteiger partial charge in [0.2, 0.25) is 0 Å². The predicted molar refractivity (Wildman–Crippen MR) is 111 cm³/mol. The minimum Gasteiger partial charge on any atom is -0.493 e. The van der Waals surface area contributed by atoms with Crippen LogP contribution in [0.2, 0.25) is 0 Å². The Balaban J connectivity index is 1.60. The molecule has 1 aromatic heterocycles. The van der Waals surface area contributed by atoms with Crippen molar-refractivity contribution in [1.29, 1.82) is 0 Å². The van der Waals surface area contributed by atoms with Gasteiger partial charge in [0.05, 0.1) is 31.2 Å². The van der Waals surface area contributed by atoms with Crippen LogP contribution in [0.1, 0.15) is 22.4 Å². The maximum Gasteiger partial charge on any atom is 0.256 e. The van der Waals surface area contributed by atoms with Crippen LogP contribution in [0.4, 0.5) is 5.69 Å². The van der Waals surface area contributed by atoms with Crippen LogP contribution >= 0.6 is 15.9 Å². The molecule has 6 nitrogen and oxygen atoms in total. The second kappa shape index (κ2) is 6.24. The van der Waals surface area contributed by atoms with Crippen molar-refractivity contribution in [3.8, 4) is 22.8 Å². The Kier molecular flexibility index (Phi) is 3.80. The van der Waals surface area contributed by atoms with E-state index in [1.54, 1.807) is 14.2 Å². The molecule has 0 saturated heterocycles. The molecule has 3 aromatic rings. The molecular formula is C21H16BrN3O3. The predicted octanol–water partition coefficient (Wildman–Crippen LogP) is 4.25. The first-order valence-corrected chi connectivity index (χ1v) is 9.54. The molecule has 1 aliphatic heterocycles. The third kappa shape index (κ3) is 2.46. The van der Waals surface area contributed by atoms with Crippen LogP contribution in [0, 0.1) is 0 Å². The quantitative estimate of drug-likeness (QED) is 0.469. The van der Waals surface area contributed by atoms with Crippen LogP contribution in [0.15, 0.2) is 34.8 Å². The van der Waals surface area contributed by atoms with Crippen LogP contribution in [-0.2, 0) is 11.2 Å². The number of nitrogens with one attached hydrogen (secondary N) is 2. The molecule has 28 heavy (non-hydrogen) atoms. The lowest BCUT2D eigenvalue weighted by Gasteiger charge is -2.09. The summed E-state index contributed by atoms with van der Waals surface area (Å²) in [6, 6.07) is 9.69. The van der Waals surface area contributed by atoms with Gasteiger partial charge < -0.3 is 14.8 Å². The number of carbonyl (C=O) groups is 1. The Bertz CT molecular complexity index is 1180. The molecule has 2 heterocycles. The van der Waals surface area contributed by atoms with E-state index < -0.39 is 0 Å². The van der Waals surface area contributed by atoms with Crippen LogP contribution < -0.4 is 14.8 Å². The van der Waals surface area contributed by atoms with Crippen molar-refractivity contribution in [1.82, 2.24) is 10.2 Å². The second-order valence-corrected chi connectivity index (χ2v) is 7.62. The second-order valence-electron chi connectivity index (χ2n) is 6.71. The first-order chi connectivity index (χ1) is 13.6. The molecule has 2 N–H and O–H groups in total. The van der Waals surface area contributed by atoms with E-state index in [0.29, 0.717) is 23.5 Å². The average Bonchev–Trinajstić information content (AvgIpc) is 3.34. The molecule has 140 valence electrons. The van der Waals surface area contributed by atoms with E-state index in [9.17, 15) is 4.79 Å². The van der Waals surface area contributed by atoms with E-state index in [4.69, 9.17) is 9.47 Å². The Hall–Kier alpha value is -3.06. The largest absolute Gasteiger partial charge is 0.493 e. The number of ether oxygens (including phenoxy) is 2. The van der Waals surface area contributed by atoms with Gasteiger partial charge in [0.1, 0.15) is 0 Å². The number of methoxy groups -OCH3 is 2. The van der Waals surface area contributed by atoms with E-state index in [1.807, 2.05) is 36.4 Å². The minimum atomic E-state index is -0.115. The third-order valence-corrected chi connectivity index (χ3v) is 5.68. The summed E-state index contributed by atoms with van der Waals surface area (Å²) in [5, 5.41) is 10.5. The summed E-state index contributed by atoms with van der Waals surface area (Å²) in [6.45, 7) is 0. The number of anilines is 1. The van der Waals surface area contributed by atoms with Crippen molar-refractivity contribution >= 4 is 39.2 Å². The lowest BCUT2D eigenvalue weighted by molar-refractivity contribution is -0.110. The first-order valence-electron chi connectivity index (χ1n) is 8.74. The van der Waals surface area contributed by atoms with Gasteiger partial charge in [-0.2, -0.15) is 5.10 Å². The molecule has 5 rings (SSSR count). The Labute approximate surface area is 169 Å². The number of hydrogen-bond donors (Lipinski definition) is 2. The summed E-state index contributed by atoms with van der Waals surface area (Å²) in [4.78, 5) is 12.5. The number of fused-ring (bicyclic) bond motifs is 4. The molecule has 0 saturated carbocycles. The highest BCUT2D eigenvalue weighted by atomic mass is 79.9. The number of benzene rings is 2. The number of aromatic amines is 1. The Morgan fingerprint density at radius 2 is 1.89 bits per heavy atom. The zero-order chi connectivity index (χ0) is 19.4. The third-order valence-electron chi connectivity index (χ3n) is 5.18. The maximum absolute atomic E-state index is 12.5. The van der Waals surface area contributed by atoms with Gasteiger partial charge in [-0.25, -0.2) is 0 Å². The van der Waals surface area contributed by atoms with Crippen molar-refractivity contribution in [3.63, 3.8) is 0 Å². The molecule has 0 bridgehead atoms. The van der Waals surface area contributed by atoms with Crippen molar-refractivity contribution in [2.24, 2.45) is 0 Å². The Morgan fingerprint density at radius 3 is 2.68 bits per heavy atom. The summed E-state index contributed by atoms with van der Waals surface area (Å²) in [5.74, 6) is 1.26. The lowest BCUT2D eigenvalue weighted by atomic mass is 10.0. The molecule has 2 aliphatic rings. The molecule has 1 amide bonds. The highest BCUT2D eigenvalue weighted by Gasteiger charge is 2.29. The zero-order valence-corrected chi connectivity index (χ0v) is 16.8. The Morgan fingerprint density at radius 1 is 1.11 bits per heavy atom. The number of halogens is 1. The standard InChI is InChI=1S/C21H16BrN3O3/c1-27-18-6-10-5-15-17(24-25-20(15)12(10)9-19(18)28-2)8-14-13-7-11(22)3-4-16(13)23-21(14)26/h3-4,6-9H,5H2,1-2H3,(H,23,26)(H,24,25)/b14-8-. The summed E-state index contributed by atoms with van der Waals surface area (Å²) in [7, 11) is 3.25. The lowest BCUT2D eigenvalue weighted by Crippen LogP contribution is -2.03. The molecular weight excluding hydrogens is 422 g/mol. The first kappa shape index (κ1) is 17.1. The van der Waals surface area contributed by atoms with Gasteiger partial charge in [-0.1, -0.05) is 15.9 Å². The van der Waals surface area contributed by atoms with E-state index in [1.165, 1.54) is 0 Å². The fraction of sp³-hybridized carbons (Fsp3) is 0.143. The molecule has 2 aromatic carbocycles. The molecule has 0 atom stereocenters. The van der Waals surface area contributed by atoms with E-state index in [0.717, 1.165) is 43.8 Å². The van der Waals surface area contributed by atoms with Gasteiger partial charge in [0, 0.05) is 33.3 Å². The smallest absolute Gasteiger partial charge is 0.256 e. The fourth-order valence-electron chi connectivity index (χ4n) is 3.83. The number of amides is 1. The number of nitrogens with zero attached hydrogens (tertiary/aromatic N) is 1. The molecule has 0 spiro atoms. The van der Waals surface area contributed by atoms with Gasteiger partial charge in [-0.05, 0) is 42.0 Å². The van der Waals surface area contributed by atoms with Crippen LogP contribution in [0.25, 0.3) is 22.9 Å². The minimum absolute atomic E-state index is 0.115. The van der Waals surface area contributed by atoms with Crippen molar-refractivity contribution in [2.45, 2.75) is 6.42 Å².